The zero-order chi connectivity index (χ0) is 16.6. The monoisotopic (exact) mass is 328 g/mol. The molecule has 1 atom stereocenters. The molecule has 3 fully saturated rings. The molecule has 1 aromatic heterocycles. The number of nitrogen functional groups attached to an aromatic ring is 1. The van der Waals surface area contributed by atoms with E-state index in [2.05, 4.69) is 20.9 Å². The molecule has 130 valence electrons. The Labute approximate surface area is 144 Å². The molecule has 1 amide bonds. The van der Waals surface area contributed by atoms with Gasteiger partial charge >= 0.3 is 0 Å². The maximum absolute atomic E-state index is 12.3. The van der Waals surface area contributed by atoms with Gasteiger partial charge in [-0.15, -0.1) is 0 Å². The highest BCUT2D eigenvalue weighted by atomic mass is 16.2. The normalized spacial score (nSPS) is 28.5. The van der Waals surface area contributed by atoms with E-state index in [1.807, 2.05) is 6.07 Å². The lowest BCUT2D eigenvalue weighted by Gasteiger charge is -2.48. The van der Waals surface area contributed by atoms with E-state index >= 15 is 0 Å². The van der Waals surface area contributed by atoms with Gasteiger partial charge in [0.05, 0.1) is 0 Å². The van der Waals surface area contributed by atoms with Crippen LogP contribution in [-0.4, -0.2) is 46.9 Å². The Morgan fingerprint density at radius 2 is 2.17 bits per heavy atom. The predicted molar refractivity (Wildman–Crippen MR) is 94.1 cm³/mol. The summed E-state index contributed by atoms with van der Waals surface area (Å²) < 4.78 is 0. The molecule has 0 radical (unpaired) electrons. The molecule has 1 aliphatic carbocycles. The van der Waals surface area contributed by atoms with Crippen LogP contribution >= 0.6 is 0 Å². The van der Waals surface area contributed by atoms with Crippen molar-refractivity contribution in [1.29, 1.82) is 0 Å². The number of likely N-dealkylation sites (tertiary alicyclic amines) is 2. The second kappa shape index (κ2) is 6.36. The van der Waals surface area contributed by atoms with Crippen molar-refractivity contribution >= 4 is 11.7 Å². The Balaban J connectivity index is 1.43. The first-order chi connectivity index (χ1) is 11.6. The van der Waals surface area contributed by atoms with Gasteiger partial charge in [0.25, 0.3) is 0 Å². The van der Waals surface area contributed by atoms with Gasteiger partial charge in [0.1, 0.15) is 5.82 Å². The third-order valence-corrected chi connectivity index (χ3v) is 5.98. The van der Waals surface area contributed by atoms with Gasteiger partial charge in [-0.25, -0.2) is 4.98 Å². The number of rotatable bonds is 4. The maximum atomic E-state index is 12.3. The van der Waals surface area contributed by atoms with Gasteiger partial charge < -0.3 is 10.6 Å². The number of carbonyl (C=O) groups excluding carboxylic acids is 1. The van der Waals surface area contributed by atoms with E-state index in [0.29, 0.717) is 11.7 Å². The second-order valence-corrected chi connectivity index (χ2v) is 8.08. The number of hydrogen-bond donors (Lipinski definition) is 1. The SMILES string of the molecule is Nc1ncccc1CN1CCCC2(CCC(=O)N(CC3CC3)C2)C1. The van der Waals surface area contributed by atoms with Gasteiger partial charge in [0, 0.05) is 49.8 Å². The number of amides is 1. The molecule has 1 saturated carbocycles. The zero-order valence-electron chi connectivity index (χ0n) is 14.4. The van der Waals surface area contributed by atoms with Crippen molar-refractivity contribution in [2.45, 2.75) is 45.1 Å². The third-order valence-electron chi connectivity index (χ3n) is 5.98. The third kappa shape index (κ3) is 3.41. The molecule has 3 heterocycles. The van der Waals surface area contributed by atoms with E-state index in [9.17, 15) is 4.79 Å². The van der Waals surface area contributed by atoms with E-state index in [-0.39, 0.29) is 5.41 Å². The minimum absolute atomic E-state index is 0.290. The van der Waals surface area contributed by atoms with Crippen LogP contribution in [0.3, 0.4) is 0 Å². The molecule has 5 heteroatoms. The molecule has 2 aliphatic heterocycles. The van der Waals surface area contributed by atoms with Gasteiger partial charge in [0.15, 0.2) is 0 Å². The van der Waals surface area contributed by atoms with Crippen LogP contribution in [0.2, 0.25) is 0 Å². The first kappa shape index (κ1) is 15.9. The summed E-state index contributed by atoms with van der Waals surface area (Å²) in [4.78, 5) is 21.2. The summed E-state index contributed by atoms with van der Waals surface area (Å²) in [7, 11) is 0. The number of anilines is 1. The molecule has 0 bridgehead atoms. The lowest BCUT2D eigenvalue weighted by atomic mass is 9.73. The molecule has 3 aliphatic rings. The molecule has 1 unspecified atom stereocenters. The predicted octanol–water partition coefficient (Wildman–Crippen LogP) is 2.28. The molecular formula is C19H28N4O. The number of pyridine rings is 1. The largest absolute Gasteiger partial charge is 0.383 e. The number of piperidine rings is 2. The molecule has 0 aromatic carbocycles. The van der Waals surface area contributed by atoms with E-state index in [1.165, 1.54) is 25.7 Å². The fraction of sp³-hybridized carbons (Fsp3) is 0.684. The van der Waals surface area contributed by atoms with Crippen molar-refractivity contribution in [1.82, 2.24) is 14.8 Å². The Kier molecular flexibility index (Phi) is 4.21. The summed E-state index contributed by atoms with van der Waals surface area (Å²) >= 11 is 0. The van der Waals surface area contributed by atoms with Crippen LogP contribution in [0.15, 0.2) is 18.3 Å². The highest BCUT2D eigenvalue weighted by Gasteiger charge is 2.42. The lowest BCUT2D eigenvalue weighted by Crippen LogP contribution is -2.54. The maximum Gasteiger partial charge on any atom is 0.222 e. The molecule has 24 heavy (non-hydrogen) atoms. The summed E-state index contributed by atoms with van der Waals surface area (Å²) in [5, 5.41) is 0. The number of aromatic nitrogens is 1. The van der Waals surface area contributed by atoms with Crippen molar-refractivity contribution in [2.75, 3.05) is 31.9 Å². The Bertz CT molecular complexity index is 615. The van der Waals surface area contributed by atoms with Crippen LogP contribution in [0.1, 0.15) is 44.1 Å². The first-order valence-electron chi connectivity index (χ1n) is 9.33. The van der Waals surface area contributed by atoms with Gasteiger partial charge in [-0.05, 0) is 50.6 Å². The van der Waals surface area contributed by atoms with Crippen molar-refractivity contribution in [2.24, 2.45) is 11.3 Å². The summed E-state index contributed by atoms with van der Waals surface area (Å²) in [5.41, 5.74) is 7.43. The molecule has 2 saturated heterocycles. The van der Waals surface area contributed by atoms with E-state index in [4.69, 9.17) is 5.73 Å². The van der Waals surface area contributed by atoms with Crippen molar-refractivity contribution in [3.05, 3.63) is 23.9 Å². The Morgan fingerprint density at radius 3 is 2.96 bits per heavy atom. The van der Waals surface area contributed by atoms with Crippen molar-refractivity contribution < 1.29 is 4.79 Å². The quantitative estimate of drug-likeness (QED) is 0.921. The van der Waals surface area contributed by atoms with Crippen LogP contribution in [0.25, 0.3) is 0 Å². The number of nitrogens with two attached hydrogens (primary N) is 1. The van der Waals surface area contributed by atoms with Crippen LogP contribution in [0.5, 0.6) is 0 Å². The van der Waals surface area contributed by atoms with Crippen molar-refractivity contribution in [3.63, 3.8) is 0 Å². The highest BCUT2D eigenvalue weighted by molar-refractivity contribution is 5.77. The average molecular weight is 328 g/mol. The average Bonchev–Trinajstić information content (AvgIpc) is 3.38. The minimum Gasteiger partial charge on any atom is -0.383 e. The minimum atomic E-state index is 0.290. The lowest BCUT2D eigenvalue weighted by molar-refractivity contribution is -0.139. The van der Waals surface area contributed by atoms with Crippen LogP contribution < -0.4 is 5.73 Å². The summed E-state index contributed by atoms with van der Waals surface area (Å²) in [6, 6.07) is 4.04. The standard InChI is InChI=1S/C19H28N4O/c20-18-16(3-1-9-21-18)12-22-10-2-7-19(13-22)8-6-17(24)23(14-19)11-15-4-5-15/h1,3,9,15H,2,4-8,10-14H2,(H2,20,21). The van der Waals surface area contributed by atoms with Crippen LogP contribution in [0.4, 0.5) is 5.82 Å². The molecule has 2 N–H and O–H groups in total. The number of nitrogens with zero attached hydrogens (tertiary/aromatic N) is 3. The molecule has 4 rings (SSSR count). The van der Waals surface area contributed by atoms with Gasteiger partial charge in [0.2, 0.25) is 5.91 Å². The van der Waals surface area contributed by atoms with E-state index in [1.54, 1.807) is 6.20 Å². The summed E-state index contributed by atoms with van der Waals surface area (Å²) in [5.74, 6) is 1.80. The molecule has 1 spiro atoms. The molecule has 5 nitrogen and oxygen atoms in total. The summed E-state index contributed by atoms with van der Waals surface area (Å²) in [6.45, 7) is 5.03. The summed E-state index contributed by atoms with van der Waals surface area (Å²) in [6.07, 6.45) is 8.61. The first-order valence-corrected chi connectivity index (χ1v) is 9.33. The van der Waals surface area contributed by atoms with E-state index in [0.717, 1.165) is 57.0 Å². The van der Waals surface area contributed by atoms with Gasteiger partial charge in [-0.3, -0.25) is 9.69 Å². The van der Waals surface area contributed by atoms with Gasteiger partial charge in [-0.1, -0.05) is 6.07 Å². The Morgan fingerprint density at radius 1 is 1.29 bits per heavy atom. The number of carbonyl (C=O) groups is 1. The molecular weight excluding hydrogens is 300 g/mol. The fourth-order valence-electron chi connectivity index (χ4n) is 4.48. The highest BCUT2D eigenvalue weighted by Crippen LogP contribution is 2.41. The smallest absolute Gasteiger partial charge is 0.222 e. The molecule has 1 aromatic rings. The van der Waals surface area contributed by atoms with Gasteiger partial charge in [-0.2, -0.15) is 0 Å². The zero-order valence-corrected chi connectivity index (χ0v) is 14.4. The number of hydrogen-bond acceptors (Lipinski definition) is 4. The fourth-order valence-corrected chi connectivity index (χ4v) is 4.48. The van der Waals surface area contributed by atoms with E-state index < -0.39 is 0 Å². The van der Waals surface area contributed by atoms with Crippen molar-refractivity contribution in [3.8, 4) is 0 Å². The second-order valence-electron chi connectivity index (χ2n) is 8.08. The van der Waals surface area contributed by atoms with Crippen LogP contribution in [0, 0.1) is 11.3 Å². The topological polar surface area (TPSA) is 62.5 Å². The Hall–Kier alpha value is -1.62. The van der Waals surface area contributed by atoms with Crippen LogP contribution in [-0.2, 0) is 11.3 Å².